The number of nitrogens with two attached hydrogens (primary N) is 1. The number of nitrogens with one attached hydrogen (secondary N) is 1. The molecule has 3 nitrogen and oxygen atoms in total. The molecule has 0 aliphatic carbocycles. The summed E-state index contributed by atoms with van der Waals surface area (Å²) in [5, 5.41) is 2.77. The molecule has 1 rings (SSSR count). The zero-order chi connectivity index (χ0) is 16.0. The van der Waals surface area contributed by atoms with Crippen LogP contribution < -0.4 is 11.1 Å². The number of alkyl halides is 3. The van der Waals surface area contributed by atoms with Gasteiger partial charge in [0.1, 0.15) is 0 Å². The van der Waals surface area contributed by atoms with Crippen LogP contribution in [0.1, 0.15) is 43.9 Å². The Balaban J connectivity index is 2.55. The van der Waals surface area contributed by atoms with E-state index in [4.69, 9.17) is 5.73 Å². The molecule has 0 fully saturated rings. The maximum absolute atomic E-state index is 12.5. The van der Waals surface area contributed by atoms with Crippen molar-refractivity contribution in [3.63, 3.8) is 0 Å². The largest absolute Gasteiger partial charge is 0.416 e. The van der Waals surface area contributed by atoms with Crippen LogP contribution in [0.2, 0.25) is 0 Å². The summed E-state index contributed by atoms with van der Waals surface area (Å²) in [5.41, 5.74) is 5.43. The zero-order valence-electron chi connectivity index (χ0n) is 12.2. The second-order valence-corrected chi connectivity index (χ2v) is 5.29. The Morgan fingerprint density at radius 3 is 2.29 bits per heavy atom. The topological polar surface area (TPSA) is 55.1 Å². The zero-order valence-corrected chi connectivity index (χ0v) is 12.2. The lowest BCUT2D eigenvalue weighted by atomic mass is 10.0. The molecule has 1 amide bonds. The molecule has 1 aromatic carbocycles. The Kier molecular flexibility index (Phi) is 6.20. The fraction of sp³-hybridized carbons (Fsp3) is 0.533. The highest BCUT2D eigenvalue weighted by molar-refractivity contribution is 5.76. The van der Waals surface area contributed by atoms with Gasteiger partial charge in [-0.1, -0.05) is 19.1 Å². The molecule has 2 unspecified atom stereocenters. The molecular weight excluding hydrogens is 281 g/mol. The molecule has 0 heterocycles. The average molecular weight is 302 g/mol. The van der Waals surface area contributed by atoms with E-state index < -0.39 is 11.7 Å². The monoisotopic (exact) mass is 302 g/mol. The van der Waals surface area contributed by atoms with Gasteiger partial charge in [-0.2, -0.15) is 13.2 Å². The molecule has 118 valence electrons. The number of carbonyl (C=O) groups excluding carboxylic acids is 1. The predicted molar refractivity (Wildman–Crippen MR) is 75.5 cm³/mol. The lowest BCUT2D eigenvalue weighted by molar-refractivity contribution is -0.137. The number of benzene rings is 1. The van der Waals surface area contributed by atoms with Gasteiger partial charge >= 0.3 is 6.18 Å². The molecule has 0 saturated heterocycles. The summed E-state index contributed by atoms with van der Waals surface area (Å²) in [7, 11) is 0. The van der Waals surface area contributed by atoms with Gasteiger partial charge in [0.2, 0.25) is 5.91 Å². The van der Waals surface area contributed by atoms with Gasteiger partial charge in [-0.25, -0.2) is 0 Å². The first-order chi connectivity index (χ1) is 9.74. The highest BCUT2D eigenvalue weighted by Gasteiger charge is 2.30. The predicted octanol–water partition coefficient (Wildman–Crippen LogP) is 3.26. The summed E-state index contributed by atoms with van der Waals surface area (Å²) in [6, 6.07) is 4.49. The van der Waals surface area contributed by atoms with Crippen LogP contribution in [0.15, 0.2) is 24.3 Å². The molecule has 0 bridgehead atoms. The number of rotatable bonds is 6. The van der Waals surface area contributed by atoms with E-state index in [-0.39, 0.29) is 17.9 Å². The van der Waals surface area contributed by atoms with Crippen LogP contribution in [0.4, 0.5) is 13.2 Å². The lowest BCUT2D eigenvalue weighted by Crippen LogP contribution is -2.27. The summed E-state index contributed by atoms with van der Waals surface area (Å²) in [6.07, 6.45) is -3.28. The summed E-state index contributed by atoms with van der Waals surface area (Å²) < 4.78 is 37.4. The smallest absolute Gasteiger partial charge is 0.350 e. The molecule has 0 aromatic heterocycles. The van der Waals surface area contributed by atoms with E-state index in [1.54, 1.807) is 6.92 Å². The quantitative estimate of drug-likeness (QED) is 0.847. The second-order valence-electron chi connectivity index (χ2n) is 5.29. The molecule has 21 heavy (non-hydrogen) atoms. The van der Waals surface area contributed by atoms with Crippen molar-refractivity contribution in [2.75, 3.05) is 6.54 Å². The second kappa shape index (κ2) is 7.45. The first-order valence-electron chi connectivity index (χ1n) is 6.90. The highest BCUT2D eigenvalue weighted by atomic mass is 19.4. The Hall–Kier alpha value is -1.56. The van der Waals surface area contributed by atoms with Gasteiger partial charge in [-0.05, 0) is 43.5 Å². The SMILES string of the molecule is CC(CN)CCC(=O)NC(C)c1ccc(C(F)(F)F)cc1. The van der Waals surface area contributed by atoms with E-state index in [0.29, 0.717) is 24.9 Å². The number of amides is 1. The molecule has 0 aliphatic rings. The van der Waals surface area contributed by atoms with Crippen molar-refractivity contribution in [3.05, 3.63) is 35.4 Å². The summed E-state index contributed by atoms with van der Waals surface area (Å²) in [6.45, 7) is 4.24. The van der Waals surface area contributed by atoms with Gasteiger partial charge in [0.05, 0.1) is 11.6 Å². The lowest BCUT2D eigenvalue weighted by Gasteiger charge is -2.16. The van der Waals surface area contributed by atoms with E-state index in [9.17, 15) is 18.0 Å². The molecule has 0 aliphatic heterocycles. The van der Waals surface area contributed by atoms with Crippen molar-refractivity contribution in [2.45, 2.75) is 38.9 Å². The van der Waals surface area contributed by atoms with Gasteiger partial charge in [0.25, 0.3) is 0 Å². The normalized spacial score (nSPS) is 14.6. The van der Waals surface area contributed by atoms with Crippen LogP contribution in [-0.4, -0.2) is 12.5 Å². The number of hydrogen-bond donors (Lipinski definition) is 2. The molecule has 6 heteroatoms. The van der Waals surface area contributed by atoms with Crippen LogP contribution in [0.25, 0.3) is 0 Å². The standard InChI is InChI=1S/C15H21F3N2O/c1-10(9-19)3-8-14(21)20-11(2)12-4-6-13(7-5-12)15(16,17)18/h4-7,10-11H,3,8-9,19H2,1-2H3,(H,20,21). The van der Waals surface area contributed by atoms with Crippen LogP contribution >= 0.6 is 0 Å². The van der Waals surface area contributed by atoms with Crippen LogP contribution in [0.3, 0.4) is 0 Å². The molecule has 3 N–H and O–H groups in total. The molecule has 1 aromatic rings. The van der Waals surface area contributed by atoms with Crippen molar-refractivity contribution in [1.29, 1.82) is 0 Å². The number of halogens is 3. The summed E-state index contributed by atoms with van der Waals surface area (Å²) in [4.78, 5) is 11.7. The minimum absolute atomic E-state index is 0.123. The van der Waals surface area contributed by atoms with Crippen molar-refractivity contribution in [1.82, 2.24) is 5.32 Å². The van der Waals surface area contributed by atoms with Crippen LogP contribution in [0, 0.1) is 5.92 Å². The van der Waals surface area contributed by atoms with E-state index in [1.807, 2.05) is 6.92 Å². The van der Waals surface area contributed by atoms with Crippen LogP contribution in [-0.2, 0) is 11.0 Å². The van der Waals surface area contributed by atoms with E-state index in [1.165, 1.54) is 12.1 Å². The van der Waals surface area contributed by atoms with E-state index in [2.05, 4.69) is 5.32 Å². The third kappa shape index (κ3) is 5.75. The Bertz CT molecular complexity index is 457. The fourth-order valence-electron chi connectivity index (χ4n) is 1.85. The Labute approximate surface area is 122 Å². The van der Waals surface area contributed by atoms with Gasteiger partial charge in [0.15, 0.2) is 0 Å². The van der Waals surface area contributed by atoms with Crippen molar-refractivity contribution < 1.29 is 18.0 Å². The first kappa shape index (κ1) is 17.5. The summed E-state index contributed by atoms with van der Waals surface area (Å²) in [5.74, 6) is 0.153. The average Bonchev–Trinajstić information content (AvgIpc) is 2.43. The Morgan fingerprint density at radius 1 is 1.24 bits per heavy atom. The van der Waals surface area contributed by atoms with Gasteiger partial charge in [-0.3, -0.25) is 4.79 Å². The maximum atomic E-state index is 12.5. The third-order valence-electron chi connectivity index (χ3n) is 3.38. The number of hydrogen-bond acceptors (Lipinski definition) is 2. The highest BCUT2D eigenvalue weighted by Crippen LogP contribution is 2.29. The van der Waals surface area contributed by atoms with E-state index in [0.717, 1.165) is 12.1 Å². The van der Waals surface area contributed by atoms with Gasteiger partial charge in [-0.15, -0.1) is 0 Å². The van der Waals surface area contributed by atoms with Crippen molar-refractivity contribution in [2.24, 2.45) is 11.7 Å². The molecular formula is C15H21F3N2O. The van der Waals surface area contributed by atoms with Crippen molar-refractivity contribution in [3.8, 4) is 0 Å². The van der Waals surface area contributed by atoms with E-state index >= 15 is 0 Å². The fourth-order valence-corrected chi connectivity index (χ4v) is 1.85. The molecule has 0 spiro atoms. The number of carbonyl (C=O) groups is 1. The maximum Gasteiger partial charge on any atom is 0.416 e. The van der Waals surface area contributed by atoms with Gasteiger partial charge < -0.3 is 11.1 Å². The van der Waals surface area contributed by atoms with Crippen LogP contribution in [0.5, 0.6) is 0 Å². The van der Waals surface area contributed by atoms with Gasteiger partial charge in [0, 0.05) is 6.42 Å². The third-order valence-corrected chi connectivity index (χ3v) is 3.38. The summed E-state index contributed by atoms with van der Waals surface area (Å²) >= 11 is 0. The first-order valence-corrected chi connectivity index (χ1v) is 6.90. The molecule has 2 atom stereocenters. The molecule has 0 saturated carbocycles. The Morgan fingerprint density at radius 2 is 1.81 bits per heavy atom. The minimum Gasteiger partial charge on any atom is -0.350 e. The van der Waals surface area contributed by atoms with Crippen molar-refractivity contribution >= 4 is 5.91 Å². The molecule has 0 radical (unpaired) electrons. The minimum atomic E-state index is -4.34.